The number of nitrogens with zero attached hydrogens (tertiary/aromatic N) is 1. The van der Waals surface area contributed by atoms with Gasteiger partial charge in [0.2, 0.25) is 0 Å². The zero-order chi connectivity index (χ0) is 14.3. The van der Waals surface area contributed by atoms with Crippen LogP contribution in [0.2, 0.25) is 0 Å². The highest BCUT2D eigenvalue weighted by molar-refractivity contribution is 5.43. The Morgan fingerprint density at radius 1 is 1.26 bits per heavy atom. The molecule has 1 atom stereocenters. The summed E-state index contributed by atoms with van der Waals surface area (Å²) in [7, 11) is 0. The predicted molar refractivity (Wildman–Crippen MR) is 78.2 cm³/mol. The second kappa shape index (κ2) is 7.81. The van der Waals surface area contributed by atoms with Crippen molar-refractivity contribution in [2.45, 2.75) is 53.2 Å². The number of benzene rings is 1. The van der Waals surface area contributed by atoms with Gasteiger partial charge in [0.15, 0.2) is 6.10 Å². The molecule has 0 bridgehead atoms. The molecule has 0 aliphatic heterocycles. The molecule has 0 saturated carbocycles. The Morgan fingerprint density at radius 2 is 1.89 bits per heavy atom. The monoisotopic (exact) mass is 260 g/mol. The first-order valence-corrected chi connectivity index (χ1v) is 6.99. The van der Waals surface area contributed by atoms with Gasteiger partial charge in [-0.15, -0.1) is 0 Å². The number of rotatable bonds is 7. The van der Waals surface area contributed by atoms with E-state index in [9.17, 15) is 0 Å². The Labute approximate surface area is 116 Å². The standard InChI is InChI=1S/C16H24N2O/c1-5-7-18-11-14-8-12(3)16(13(4)9-14)19-15(6-2)10-17/h8-9,15,18H,5-7,11H2,1-4H3. The van der Waals surface area contributed by atoms with Crippen LogP contribution in [0.25, 0.3) is 0 Å². The van der Waals surface area contributed by atoms with Crippen LogP contribution >= 0.6 is 0 Å². The predicted octanol–water partition coefficient (Wildman–Crippen LogP) is 3.48. The van der Waals surface area contributed by atoms with Crippen LogP contribution in [0, 0.1) is 25.2 Å². The van der Waals surface area contributed by atoms with Crippen molar-refractivity contribution >= 4 is 0 Å². The molecule has 0 spiro atoms. The smallest absolute Gasteiger partial charge is 0.184 e. The summed E-state index contributed by atoms with van der Waals surface area (Å²) in [6.07, 6.45) is 1.48. The summed E-state index contributed by atoms with van der Waals surface area (Å²) in [6.45, 7) is 10.1. The first kappa shape index (κ1) is 15.5. The summed E-state index contributed by atoms with van der Waals surface area (Å²) in [4.78, 5) is 0. The Morgan fingerprint density at radius 3 is 2.37 bits per heavy atom. The van der Waals surface area contributed by atoms with Crippen LogP contribution in [-0.2, 0) is 6.54 Å². The average Bonchev–Trinajstić information content (AvgIpc) is 2.39. The van der Waals surface area contributed by atoms with Gasteiger partial charge in [-0.05, 0) is 49.9 Å². The molecule has 1 unspecified atom stereocenters. The highest BCUT2D eigenvalue weighted by atomic mass is 16.5. The van der Waals surface area contributed by atoms with E-state index in [0.29, 0.717) is 6.42 Å². The minimum atomic E-state index is -0.360. The lowest BCUT2D eigenvalue weighted by atomic mass is 10.1. The molecule has 0 aromatic heterocycles. The molecule has 104 valence electrons. The number of hydrogen-bond acceptors (Lipinski definition) is 3. The van der Waals surface area contributed by atoms with E-state index in [4.69, 9.17) is 10.00 Å². The summed E-state index contributed by atoms with van der Waals surface area (Å²) in [5, 5.41) is 12.4. The molecule has 0 aliphatic rings. The van der Waals surface area contributed by atoms with Crippen LogP contribution in [0.5, 0.6) is 5.75 Å². The Balaban J connectivity index is 2.82. The molecule has 1 aromatic rings. The quantitative estimate of drug-likeness (QED) is 0.763. The Hall–Kier alpha value is -1.53. The second-order valence-corrected chi connectivity index (χ2v) is 4.88. The van der Waals surface area contributed by atoms with Crippen molar-refractivity contribution in [2.24, 2.45) is 0 Å². The van der Waals surface area contributed by atoms with Gasteiger partial charge < -0.3 is 10.1 Å². The molecule has 1 N–H and O–H groups in total. The van der Waals surface area contributed by atoms with Gasteiger partial charge in [0, 0.05) is 6.54 Å². The van der Waals surface area contributed by atoms with Gasteiger partial charge in [-0.2, -0.15) is 5.26 Å². The van der Waals surface area contributed by atoms with Gasteiger partial charge in [-0.3, -0.25) is 0 Å². The van der Waals surface area contributed by atoms with E-state index in [1.807, 2.05) is 20.8 Å². The molecule has 0 aliphatic carbocycles. The van der Waals surface area contributed by atoms with E-state index in [2.05, 4.69) is 30.4 Å². The lowest BCUT2D eigenvalue weighted by Crippen LogP contribution is -2.16. The van der Waals surface area contributed by atoms with Crippen molar-refractivity contribution in [3.8, 4) is 11.8 Å². The van der Waals surface area contributed by atoms with Crippen LogP contribution in [0.1, 0.15) is 43.4 Å². The van der Waals surface area contributed by atoms with Crippen LogP contribution < -0.4 is 10.1 Å². The van der Waals surface area contributed by atoms with Crippen molar-refractivity contribution in [1.29, 1.82) is 5.26 Å². The average molecular weight is 260 g/mol. The van der Waals surface area contributed by atoms with Crippen molar-refractivity contribution in [3.05, 3.63) is 28.8 Å². The molecule has 19 heavy (non-hydrogen) atoms. The molecule has 0 heterocycles. The van der Waals surface area contributed by atoms with E-state index < -0.39 is 0 Å². The molecular weight excluding hydrogens is 236 g/mol. The molecular formula is C16H24N2O. The molecule has 0 amide bonds. The zero-order valence-corrected chi connectivity index (χ0v) is 12.4. The maximum Gasteiger partial charge on any atom is 0.184 e. The summed E-state index contributed by atoms with van der Waals surface area (Å²) in [5.74, 6) is 0.854. The zero-order valence-electron chi connectivity index (χ0n) is 12.4. The maximum absolute atomic E-state index is 8.98. The minimum Gasteiger partial charge on any atom is -0.475 e. The maximum atomic E-state index is 8.98. The fraction of sp³-hybridized carbons (Fsp3) is 0.562. The fourth-order valence-corrected chi connectivity index (χ4v) is 2.08. The van der Waals surface area contributed by atoms with Gasteiger partial charge in [0.1, 0.15) is 11.8 Å². The van der Waals surface area contributed by atoms with Gasteiger partial charge in [0.25, 0.3) is 0 Å². The highest BCUT2D eigenvalue weighted by Gasteiger charge is 2.11. The molecule has 0 saturated heterocycles. The van der Waals surface area contributed by atoms with Gasteiger partial charge in [-0.25, -0.2) is 0 Å². The molecule has 3 heteroatoms. The van der Waals surface area contributed by atoms with Crippen LogP contribution in [0.15, 0.2) is 12.1 Å². The van der Waals surface area contributed by atoms with Crippen molar-refractivity contribution in [2.75, 3.05) is 6.54 Å². The third-order valence-electron chi connectivity index (χ3n) is 3.05. The van der Waals surface area contributed by atoms with Gasteiger partial charge >= 0.3 is 0 Å². The van der Waals surface area contributed by atoms with Crippen LogP contribution in [-0.4, -0.2) is 12.6 Å². The number of hydrogen-bond donors (Lipinski definition) is 1. The van der Waals surface area contributed by atoms with Crippen molar-refractivity contribution in [3.63, 3.8) is 0 Å². The Bertz CT molecular complexity index is 426. The van der Waals surface area contributed by atoms with E-state index in [0.717, 1.165) is 36.4 Å². The van der Waals surface area contributed by atoms with Gasteiger partial charge in [-0.1, -0.05) is 26.0 Å². The molecule has 0 radical (unpaired) electrons. The number of aryl methyl sites for hydroxylation is 2. The number of ether oxygens (including phenoxy) is 1. The van der Waals surface area contributed by atoms with Crippen molar-refractivity contribution < 1.29 is 4.74 Å². The summed E-state index contributed by atoms with van der Waals surface area (Å²) >= 11 is 0. The van der Waals surface area contributed by atoms with Gasteiger partial charge in [0.05, 0.1) is 0 Å². The lowest BCUT2D eigenvalue weighted by molar-refractivity contribution is 0.248. The van der Waals surface area contributed by atoms with Crippen LogP contribution in [0.3, 0.4) is 0 Å². The summed E-state index contributed by atoms with van der Waals surface area (Å²) < 4.78 is 5.77. The highest BCUT2D eigenvalue weighted by Crippen LogP contribution is 2.26. The largest absolute Gasteiger partial charge is 0.475 e. The third kappa shape index (κ3) is 4.57. The van der Waals surface area contributed by atoms with E-state index >= 15 is 0 Å². The molecule has 1 rings (SSSR count). The molecule has 1 aromatic carbocycles. The fourth-order valence-electron chi connectivity index (χ4n) is 2.08. The Kier molecular flexibility index (Phi) is 6.38. The SMILES string of the molecule is CCCNCc1cc(C)c(OC(C#N)CC)c(C)c1. The first-order valence-electron chi connectivity index (χ1n) is 6.99. The van der Waals surface area contributed by atoms with E-state index in [1.165, 1.54) is 5.56 Å². The summed E-state index contributed by atoms with van der Waals surface area (Å²) in [6, 6.07) is 6.44. The lowest BCUT2D eigenvalue weighted by Gasteiger charge is -2.17. The molecule has 3 nitrogen and oxygen atoms in total. The summed E-state index contributed by atoms with van der Waals surface area (Å²) in [5.41, 5.74) is 3.46. The van der Waals surface area contributed by atoms with Crippen LogP contribution in [0.4, 0.5) is 0 Å². The first-order chi connectivity index (χ1) is 9.12. The second-order valence-electron chi connectivity index (χ2n) is 4.88. The normalized spacial score (nSPS) is 11.9. The third-order valence-corrected chi connectivity index (χ3v) is 3.05. The van der Waals surface area contributed by atoms with Crippen molar-refractivity contribution in [1.82, 2.24) is 5.32 Å². The minimum absolute atomic E-state index is 0.360. The topological polar surface area (TPSA) is 45.0 Å². The number of nitriles is 1. The van der Waals surface area contributed by atoms with E-state index in [1.54, 1.807) is 0 Å². The number of nitrogens with one attached hydrogen (secondary N) is 1. The van der Waals surface area contributed by atoms with E-state index in [-0.39, 0.29) is 6.10 Å². The molecule has 0 fully saturated rings.